The second-order valence-electron chi connectivity index (χ2n) is 5.92. The van der Waals surface area contributed by atoms with Crippen molar-refractivity contribution in [2.45, 2.75) is 6.92 Å². The Morgan fingerprint density at radius 3 is 2.22 bits per heavy atom. The maximum atomic E-state index is 12.3. The van der Waals surface area contributed by atoms with Gasteiger partial charge in [0.05, 0.1) is 12.7 Å². The third-order valence-corrected chi connectivity index (χ3v) is 4.00. The van der Waals surface area contributed by atoms with Crippen molar-refractivity contribution in [3.8, 4) is 11.5 Å². The van der Waals surface area contributed by atoms with Crippen LogP contribution in [0.1, 0.15) is 26.3 Å². The standard InChI is InChI=1S/C22H19NO4/c1-15-8-9-17(14-20(15)26-2)22(25)27-19-12-10-18(11-13-19)23-21(24)16-6-4-3-5-7-16/h3-14H,1-2H3,(H,23,24). The lowest BCUT2D eigenvalue weighted by atomic mass is 10.1. The van der Waals surface area contributed by atoms with Gasteiger partial charge in [-0.05, 0) is 61.0 Å². The Balaban J connectivity index is 1.65. The summed E-state index contributed by atoms with van der Waals surface area (Å²) in [6, 6.07) is 20.7. The second-order valence-corrected chi connectivity index (χ2v) is 5.92. The number of carbonyl (C=O) groups is 2. The number of benzene rings is 3. The molecule has 136 valence electrons. The molecule has 0 bridgehead atoms. The Hall–Kier alpha value is -3.60. The topological polar surface area (TPSA) is 64.6 Å². The van der Waals surface area contributed by atoms with Crippen molar-refractivity contribution in [1.29, 1.82) is 0 Å². The summed E-state index contributed by atoms with van der Waals surface area (Å²) in [5.74, 6) is 0.335. The predicted molar refractivity (Wildman–Crippen MR) is 104 cm³/mol. The highest BCUT2D eigenvalue weighted by molar-refractivity contribution is 6.04. The van der Waals surface area contributed by atoms with Crippen LogP contribution in [0.4, 0.5) is 5.69 Å². The largest absolute Gasteiger partial charge is 0.496 e. The molecule has 0 saturated carbocycles. The number of aryl methyl sites for hydroxylation is 1. The predicted octanol–water partition coefficient (Wildman–Crippen LogP) is 4.48. The number of esters is 1. The fourth-order valence-corrected chi connectivity index (χ4v) is 2.51. The van der Waals surface area contributed by atoms with Crippen molar-refractivity contribution < 1.29 is 19.1 Å². The van der Waals surface area contributed by atoms with Crippen molar-refractivity contribution >= 4 is 17.6 Å². The van der Waals surface area contributed by atoms with Crippen LogP contribution in [0.5, 0.6) is 11.5 Å². The van der Waals surface area contributed by atoms with Crippen molar-refractivity contribution in [3.05, 3.63) is 89.5 Å². The van der Waals surface area contributed by atoms with E-state index in [1.54, 1.807) is 73.8 Å². The molecule has 0 aromatic heterocycles. The average molecular weight is 361 g/mol. The van der Waals surface area contributed by atoms with Gasteiger partial charge >= 0.3 is 5.97 Å². The number of carbonyl (C=O) groups excluding carboxylic acids is 2. The maximum absolute atomic E-state index is 12.3. The third-order valence-electron chi connectivity index (χ3n) is 4.00. The SMILES string of the molecule is COc1cc(C(=O)Oc2ccc(NC(=O)c3ccccc3)cc2)ccc1C. The van der Waals surface area contributed by atoms with E-state index < -0.39 is 5.97 Å². The van der Waals surface area contributed by atoms with E-state index in [1.165, 1.54) is 0 Å². The first-order chi connectivity index (χ1) is 13.1. The zero-order valence-electron chi connectivity index (χ0n) is 15.1. The van der Waals surface area contributed by atoms with Crippen LogP contribution in [0.25, 0.3) is 0 Å². The molecular weight excluding hydrogens is 342 g/mol. The first kappa shape index (κ1) is 18.2. The number of amides is 1. The molecule has 0 saturated heterocycles. The summed E-state index contributed by atoms with van der Waals surface area (Å²) >= 11 is 0. The zero-order chi connectivity index (χ0) is 19.2. The van der Waals surface area contributed by atoms with Crippen LogP contribution in [0.15, 0.2) is 72.8 Å². The molecule has 3 aromatic rings. The van der Waals surface area contributed by atoms with E-state index >= 15 is 0 Å². The van der Waals surface area contributed by atoms with Gasteiger partial charge in [0.25, 0.3) is 5.91 Å². The molecule has 1 N–H and O–H groups in total. The molecule has 0 fully saturated rings. The lowest BCUT2D eigenvalue weighted by Crippen LogP contribution is -2.12. The Morgan fingerprint density at radius 1 is 0.852 bits per heavy atom. The van der Waals surface area contributed by atoms with E-state index in [1.807, 2.05) is 13.0 Å². The summed E-state index contributed by atoms with van der Waals surface area (Å²) in [5.41, 5.74) is 2.52. The lowest BCUT2D eigenvalue weighted by Gasteiger charge is -2.09. The molecule has 0 aliphatic heterocycles. The molecule has 0 atom stereocenters. The van der Waals surface area contributed by atoms with Crippen LogP contribution >= 0.6 is 0 Å². The highest BCUT2D eigenvalue weighted by atomic mass is 16.5. The number of rotatable bonds is 5. The third kappa shape index (κ3) is 4.52. The van der Waals surface area contributed by atoms with Crippen molar-refractivity contribution in [1.82, 2.24) is 0 Å². The lowest BCUT2D eigenvalue weighted by molar-refractivity contribution is 0.0734. The molecule has 0 heterocycles. The first-order valence-electron chi connectivity index (χ1n) is 8.40. The molecule has 5 heteroatoms. The van der Waals surface area contributed by atoms with Crippen LogP contribution in [-0.2, 0) is 0 Å². The Kier molecular flexibility index (Phi) is 5.52. The van der Waals surface area contributed by atoms with Crippen molar-refractivity contribution in [3.63, 3.8) is 0 Å². The molecular formula is C22H19NO4. The van der Waals surface area contributed by atoms with Crippen LogP contribution in [0.2, 0.25) is 0 Å². The molecule has 0 aliphatic carbocycles. The van der Waals surface area contributed by atoms with Gasteiger partial charge in [-0.25, -0.2) is 4.79 Å². The van der Waals surface area contributed by atoms with E-state index in [4.69, 9.17) is 9.47 Å². The number of methoxy groups -OCH3 is 1. The molecule has 1 amide bonds. The second kappa shape index (κ2) is 8.19. The molecule has 0 radical (unpaired) electrons. The van der Waals surface area contributed by atoms with Gasteiger partial charge in [-0.2, -0.15) is 0 Å². The number of hydrogen-bond acceptors (Lipinski definition) is 4. The van der Waals surface area contributed by atoms with Gasteiger partial charge in [0.1, 0.15) is 11.5 Å². The summed E-state index contributed by atoms with van der Waals surface area (Å²) in [6.45, 7) is 1.90. The molecule has 27 heavy (non-hydrogen) atoms. The van der Waals surface area contributed by atoms with E-state index in [2.05, 4.69) is 5.32 Å². The fourth-order valence-electron chi connectivity index (χ4n) is 2.51. The quantitative estimate of drug-likeness (QED) is 0.538. The van der Waals surface area contributed by atoms with Crippen LogP contribution < -0.4 is 14.8 Å². The highest BCUT2D eigenvalue weighted by Crippen LogP contribution is 2.21. The van der Waals surface area contributed by atoms with E-state index in [0.717, 1.165) is 5.56 Å². The summed E-state index contributed by atoms with van der Waals surface area (Å²) in [6.07, 6.45) is 0. The summed E-state index contributed by atoms with van der Waals surface area (Å²) in [7, 11) is 1.56. The number of hydrogen-bond donors (Lipinski definition) is 1. The summed E-state index contributed by atoms with van der Waals surface area (Å²) in [4.78, 5) is 24.4. The van der Waals surface area contributed by atoms with Gasteiger partial charge in [0.2, 0.25) is 0 Å². The van der Waals surface area contributed by atoms with Crippen LogP contribution in [0, 0.1) is 6.92 Å². The monoisotopic (exact) mass is 361 g/mol. The van der Waals surface area contributed by atoms with Crippen molar-refractivity contribution in [2.24, 2.45) is 0 Å². The van der Waals surface area contributed by atoms with E-state index in [-0.39, 0.29) is 5.91 Å². The Morgan fingerprint density at radius 2 is 1.56 bits per heavy atom. The maximum Gasteiger partial charge on any atom is 0.343 e. The van der Waals surface area contributed by atoms with Gasteiger partial charge in [0.15, 0.2) is 0 Å². The Bertz CT molecular complexity index is 950. The minimum Gasteiger partial charge on any atom is -0.496 e. The minimum atomic E-state index is -0.477. The van der Waals surface area contributed by atoms with E-state index in [9.17, 15) is 9.59 Å². The Labute approximate surface area is 157 Å². The molecule has 5 nitrogen and oxygen atoms in total. The van der Waals surface area contributed by atoms with Crippen LogP contribution in [-0.4, -0.2) is 19.0 Å². The molecule has 3 aromatic carbocycles. The first-order valence-corrected chi connectivity index (χ1v) is 8.40. The molecule has 0 spiro atoms. The number of nitrogens with one attached hydrogen (secondary N) is 1. The summed E-state index contributed by atoms with van der Waals surface area (Å²) < 4.78 is 10.6. The molecule has 3 rings (SSSR count). The van der Waals surface area contributed by atoms with Gasteiger partial charge in [-0.15, -0.1) is 0 Å². The fraction of sp³-hybridized carbons (Fsp3) is 0.0909. The number of ether oxygens (including phenoxy) is 2. The number of anilines is 1. The smallest absolute Gasteiger partial charge is 0.343 e. The van der Waals surface area contributed by atoms with Gasteiger partial charge in [-0.1, -0.05) is 24.3 Å². The van der Waals surface area contributed by atoms with Gasteiger partial charge in [0, 0.05) is 11.3 Å². The van der Waals surface area contributed by atoms with Crippen molar-refractivity contribution in [2.75, 3.05) is 12.4 Å². The zero-order valence-corrected chi connectivity index (χ0v) is 15.1. The molecule has 0 aliphatic rings. The highest BCUT2D eigenvalue weighted by Gasteiger charge is 2.11. The normalized spacial score (nSPS) is 10.1. The minimum absolute atomic E-state index is 0.202. The van der Waals surface area contributed by atoms with Gasteiger partial charge in [-0.3, -0.25) is 4.79 Å². The average Bonchev–Trinajstić information content (AvgIpc) is 2.70. The van der Waals surface area contributed by atoms with Gasteiger partial charge < -0.3 is 14.8 Å². The van der Waals surface area contributed by atoms with Crippen LogP contribution in [0.3, 0.4) is 0 Å². The molecule has 0 unspecified atom stereocenters. The summed E-state index contributed by atoms with van der Waals surface area (Å²) in [5, 5.41) is 2.80. The van der Waals surface area contributed by atoms with E-state index in [0.29, 0.717) is 28.3 Å².